The molecule has 3 aliphatic heterocycles. The van der Waals surface area contributed by atoms with Gasteiger partial charge in [-0.15, -0.1) is 0 Å². The number of anilines is 1. The maximum atomic E-state index is 13.8. The number of nitrogens with zero attached hydrogens (tertiary/aromatic N) is 2. The Morgan fingerprint density at radius 2 is 1.32 bits per heavy atom. The molecular weight excluding hydrogens is 523 g/mol. The van der Waals surface area contributed by atoms with Crippen LogP contribution < -0.4 is 4.90 Å². The number of imide groups is 1. The number of hydrogen-bond donors (Lipinski definition) is 0. The minimum Gasteiger partial charge on any atom is -0.359 e. The highest BCUT2D eigenvalue weighted by Crippen LogP contribution is 2.47. The average Bonchev–Trinajstić information content (AvgIpc) is 3.41. The molecule has 3 aliphatic rings. The third-order valence-electron chi connectivity index (χ3n) is 7.33. The number of hydrogen-bond acceptors (Lipinski definition) is 5. The minimum atomic E-state index is -0.932. The van der Waals surface area contributed by atoms with Crippen LogP contribution in [-0.4, -0.2) is 40.4 Å². The monoisotopic (exact) mass is 542 g/mol. The molecule has 0 saturated carbocycles. The van der Waals surface area contributed by atoms with Crippen molar-refractivity contribution >= 4 is 52.3 Å². The number of carbonyl (C=O) groups is 4. The standard InChI is InChI=1S/C30H20Cl2N2O4/c31-20-8-6-18(7-9-20)28(36)26-25-24(29(37)34(30(25)38)22-12-10-21(32)11-13-22)23-16-19(14-15-33(23)26)27(35)17-4-2-1-3-5-17/h1-16,23-26H/t23-,24+,25+,26-/m1/s1. The number of amides is 2. The summed E-state index contributed by atoms with van der Waals surface area (Å²) in [6, 6.07) is 20.1. The summed E-state index contributed by atoms with van der Waals surface area (Å²) in [4.78, 5) is 57.6. The summed E-state index contributed by atoms with van der Waals surface area (Å²) in [6.45, 7) is 0. The van der Waals surface area contributed by atoms with Crippen LogP contribution in [0.5, 0.6) is 0 Å². The van der Waals surface area contributed by atoms with Gasteiger partial charge in [-0.3, -0.25) is 19.2 Å². The second-order valence-corrected chi connectivity index (χ2v) is 10.3. The Kier molecular flexibility index (Phi) is 6.01. The van der Waals surface area contributed by atoms with Gasteiger partial charge in [-0.25, -0.2) is 4.90 Å². The smallest absolute Gasteiger partial charge is 0.240 e. The largest absolute Gasteiger partial charge is 0.359 e. The zero-order chi connectivity index (χ0) is 26.6. The lowest BCUT2D eigenvalue weighted by molar-refractivity contribution is -0.123. The Morgan fingerprint density at radius 3 is 1.97 bits per heavy atom. The molecule has 3 heterocycles. The maximum absolute atomic E-state index is 13.8. The van der Waals surface area contributed by atoms with E-state index in [9.17, 15) is 19.2 Å². The molecule has 188 valence electrons. The zero-order valence-electron chi connectivity index (χ0n) is 19.8. The van der Waals surface area contributed by atoms with Crippen molar-refractivity contribution < 1.29 is 19.2 Å². The fourth-order valence-electron chi connectivity index (χ4n) is 5.58. The summed E-state index contributed by atoms with van der Waals surface area (Å²) < 4.78 is 0. The van der Waals surface area contributed by atoms with E-state index in [-0.39, 0.29) is 11.6 Å². The van der Waals surface area contributed by atoms with Crippen LogP contribution in [0.2, 0.25) is 10.0 Å². The van der Waals surface area contributed by atoms with Gasteiger partial charge in [0.05, 0.1) is 23.6 Å². The molecule has 4 atom stereocenters. The fourth-order valence-corrected chi connectivity index (χ4v) is 5.84. The topological polar surface area (TPSA) is 74.8 Å². The summed E-state index contributed by atoms with van der Waals surface area (Å²) in [7, 11) is 0. The molecule has 2 saturated heterocycles. The highest BCUT2D eigenvalue weighted by molar-refractivity contribution is 6.31. The van der Waals surface area contributed by atoms with E-state index in [2.05, 4.69) is 0 Å². The molecule has 0 aliphatic carbocycles. The maximum Gasteiger partial charge on any atom is 0.240 e. The molecular formula is C30H20Cl2N2O4. The normalized spacial score (nSPS) is 23.8. The first-order valence-corrected chi connectivity index (χ1v) is 12.8. The van der Waals surface area contributed by atoms with Gasteiger partial charge >= 0.3 is 0 Å². The van der Waals surface area contributed by atoms with Gasteiger partial charge < -0.3 is 4.90 Å². The van der Waals surface area contributed by atoms with Crippen LogP contribution >= 0.6 is 23.2 Å². The summed E-state index contributed by atoms with van der Waals surface area (Å²) in [5, 5.41) is 0.953. The van der Waals surface area contributed by atoms with E-state index in [0.717, 1.165) is 4.90 Å². The first-order chi connectivity index (χ1) is 18.3. The fraction of sp³-hybridized carbons (Fsp3) is 0.133. The van der Waals surface area contributed by atoms with Crippen molar-refractivity contribution in [3.8, 4) is 0 Å². The molecule has 0 N–H and O–H groups in total. The highest BCUT2D eigenvalue weighted by Gasteiger charge is 2.63. The quantitative estimate of drug-likeness (QED) is 0.320. The predicted octanol–water partition coefficient (Wildman–Crippen LogP) is 5.37. The first-order valence-electron chi connectivity index (χ1n) is 12.1. The van der Waals surface area contributed by atoms with Crippen LogP contribution in [0.4, 0.5) is 5.69 Å². The van der Waals surface area contributed by atoms with E-state index in [1.807, 2.05) is 6.07 Å². The molecule has 0 spiro atoms. The molecule has 6 rings (SSSR count). The minimum absolute atomic E-state index is 0.197. The third-order valence-corrected chi connectivity index (χ3v) is 7.83. The molecule has 2 fully saturated rings. The van der Waals surface area contributed by atoms with Crippen LogP contribution in [-0.2, 0) is 9.59 Å². The van der Waals surface area contributed by atoms with Gasteiger partial charge in [-0.05, 0) is 54.6 Å². The molecule has 38 heavy (non-hydrogen) atoms. The lowest BCUT2D eigenvalue weighted by atomic mass is 9.85. The van der Waals surface area contributed by atoms with Crippen LogP contribution in [0, 0.1) is 11.8 Å². The summed E-state index contributed by atoms with van der Waals surface area (Å²) >= 11 is 12.0. The number of fused-ring (bicyclic) bond motifs is 3. The van der Waals surface area contributed by atoms with Crippen molar-refractivity contribution in [3.63, 3.8) is 0 Å². The number of rotatable bonds is 5. The predicted molar refractivity (Wildman–Crippen MR) is 144 cm³/mol. The number of benzene rings is 3. The Bertz CT molecular complexity index is 1530. The Labute approximate surface area is 228 Å². The average molecular weight is 543 g/mol. The third kappa shape index (κ3) is 3.88. The van der Waals surface area contributed by atoms with E-state index < -0.39 is 35.7 Å². The SMILES string of the molecule is O=C(C1=C[C@@H]2[C@@H]3C(=O)N(c4ccc(Cl)cc4)C(=O)[C@@H]3[C@H](C(=O)c3ccc(Cl)cc3)N2C=C1)c1ccccc1. The molecule has 2 amide bonds. The number of Topliss-reactive ketones (excluding diaryl/α,β-unsaturated/α-hetero) is 2. The second-order valence-electron chi connectivity index (χ2n) is 9.43. The lowest BCUT2D eigenvalue weighted by Gasteiger charge is -2.32. The molecule has 0 unspecified atom stereocenters. The van der Waals surface area contributed by atoms with Crippen molar-refractivity contribution in [1.29, 1.82) is 0 Å². The van der Waals surface area contributed by atoms with Gasteiger partial charge in [0.25, 0.3) is 0 Å². The van der Waals surface area contributed by atoms with Crippen molar-refractivity contribution in [1.82, 2.24) is 4.90 Å². The molecule has 6 nitrogen and oxygen atoms in total. The number of allylic oxidation sites excluding steroid dienone is 2. The molecule has 0 bridgehead atoms. The van der Waals surface area contributed by atoms with Gasteiger partial charge in [-0.1, -0.05) is 59.6 Å². The van der Waals surface area contributed by atoms with Crippen LogP contribution in [0.25, 0.3) is 0 Å². The molecule has 0 aromatic heterocycles. The van der Waals surface area contributed by atoms with Crippen LogP contribution in [0.15, 0.2) is 103 Å². The van der Waals surface area contributed by atoms with Gasteiger partial charge in [0.15, 0.2) is 11.6 Å². The number of halogens is 2. The lowest BCUT2D eigenvalue weighted by Crippen LogP contribution is -2.46. The van der Waals surface area contributed by atoms with E-state index in [0.29, 0.717) is 32.4 Å². The first kappa shape index (κ1) is 24.3. The number of ketones is 2. The summed E-state index contributed by atoms with van der Waals surface area (Å²) in [5.41, 5.74) is 1.68. The van der Waals surface area contributed by atoms with E-state index in [1.165, 1.54) is 0 Å². The Morgan fingerprint density at radius 1 is 0.711 bits per heavy atom. The Hall–Kier alpha value is -4.00. The second kappa shape index (κ2) is 9.39. The van der Waals surface area contributed by atoms with E-state index in [1.54, 1.807) is 96.0 Å². The van der Waals surface area contributed by atoms with Gasteiger partial charge in [0, 0.05) is 32.9 Å². The van der Waals surface area contributed by atoms with Crippen molar-refractivity contribution in [3.05, 3.63) is 124 Å². The molecule has 0 radical (unpaired) electrons. The van der Waals surface area contributed by atoms with Crippen LogP contribution in [0.1, 0.15) is 20.7 Å². The zero-order valence-corrected chi connectivity index (χ0v) is 21.3. The summed E-state index contributed by atoms with van der Waals surface area (Å²) in [5.74, 6) is -3.14. The van der Waals surface area contributed by atoms with Gasteiger partial charge in [-0.2, -0.15) is 0 Å². The van der Waals surface area contributed by atoms with E-state index in [4.69, 9.17) is 23.2 Å². The number of carbonyl (C=O) groups excluding carboxylic acids is 4. The van der Waals surface area contributed by atoms with Crippen LogP contribution in [0.3, 0.4) is 0 Å². The van der Waals surface area contributed by atoms with Crippen molar-refractivity contribution in [2.24, 2.45) is 11.8 Å². The molecule has 8 heteroatoms. The van der Waals surface area contributed by atoms with Crippen molar-refractivity contribution in [2.45, 2.75) is 12.1 Å². The van der Waals surface area contributed by atoms with Gasteiger partial charge in [0.1, 0.15) is 6.04 Å². The highest BCUT2D eigenvalue weighted by atomic mass is 35.5. The Balaban J connectivity index is 1.43. The van der Waals surface area contributed by atoms with Gasteiger partial charge in [0.2, 0.25) is 11.8 Å². The van der Waals surface area contributed by atoms with E-state index >= 15 is 0 Å². The van der Waals surface area contributed by atoms with Crippen molar-refractivity contribution in [2.75, 3.05) is 4.90 Å². The molecule has 3 aromatic carbocycles. The summed E-state index contributed by atoms with van der Waals surface area (Å²) in [6.07, 6.45) is 5.00. The molecule has 3 aromatic rings.